The van der Waals surface area contributed by atoms with Crippen molar-refractivity contribution in [2.45, 2.75) is 19.4 Å². The number of hydrogen-bond acceptors (Lipinski definition) is 3. The van der Waals surface area contributed by atoms with E-state index in [0.29, 0.717) is 5.56 Å². The lowest BCUT2D eigenvalue weighted by atomic mass is 10.1. The van der Waals surface area contributed by atoms with Crippen molar-refractivity contribution in [3.05, 3.63) is 35.1 Å². The Bertz CT molecular complexity index is 461. The van der Waals surface area contributed by atoms with Crippen molar-refractivity contribution in [3.63, 3.8) is 0 Å². The SMILES string of the molecule is Cc1cc(C(=O)N[C@@H](CCO)C(=O)O)ccc1F. The van der Waals surface area contributed by atoms with Crippen LogP contribution in [0.2, 0.25) is 0 Å². The van der Waals surface area contributed by atoms with Crippen molar-refractivity contribution >= 4 is 11.9 Å². The van der Waals surface area contributed by atoms with Gasteiger partial charge in [-0.2, -0.15) is 0 Å². The summed E-state index contributed by atoms with van der Waals surface area (Å²) in [6.45, 7) is 1.16. The minimum atomic E-state index is -1.23. The van der Waals surface area contributed by atoms with E-state index < -0.39 is 23.7 Å². The molecule has 0 spiro atoms. The minimum Gasteiger partial charge on any atom is -0.480 e. The number of nitrogens with one attached hydrogen (secondary N) is 1. The number of aliphatic hydroxyl groups excluding tert-OH is 1. The highest BCUT2D eigenvalue weighted by molar-refractivity contribution is 5.96. The first-order valence-electron chi connectivity index (χ1n) is 5.36. The maximum absolute atomic E-state index is 13.0. The van der Waals surface area contributed by atoms with Crippen LogP contribution in [0.15, 0.2) is 18.2 Å². The van der Waals surface area contributed by atoms with Gasteiger partial charge in [0, 0.05) is 18.6 Å². The van der Waals surface area contributed by atoms with Gasteiger partial charge in [0.1, 0.15) is 11.9 Å². The number of aryl methyl sites for hydroxylation is 1. The molecule has 0 aliphatic rings. The fourth-order valence-corrected chi connectivity index (χ4v) is 1.41. The summed E-state index contributed by atoms with van der Waals surface area (Å²) in [7, 11) is 0. The lowest BCUT2D eigenvalue weighted by Crippen LogP contribution is -2.41. The number of carboxylic acid groups (broad SMARTS) is 1. The number of aliphatic carboxylic acids is 1. The summed E-state index contributed by atoms with van der Waals surface area (Å²) in [4.78, 5) is 22.5. The van der Waals surface area contributed by atoms with Crippen LogP contribution < -0.4 is 5.32 Å². The zero-order chi connectivity index (χ0) is 13.7. The van der Waals surface area contributed by atoms with E-state index in [4.69, 9.17) is 10.2 Å². The number of benzene rings is 1. The quantitative estimate of drug-likeness (QED) is 0.722. The molecular weight excluding hydrogens is 241 g/mol. The second-order valence-corrected chi connectivity index (χ2v) is 3.84. The van der Waals surface area contributed by atoms with E-state index in [0.717, 1.165) is 6.07 Å². The third kappa shape index (κ3) is 3.53. The van der Waals surface area contributed by atoms with Crippen LogP contribution in [0.5, 0.6) is 0 Å². The summed E-state index contributed by atoms with van der Waals surface area (Å²) < 4.78 is 13.0. The van der Waals surface area contributed by atoms with Crippen LogP contribution in [0.25, 0.3) is 0 Å². The van der Waals surface area contributed by atoms with Gasteiger partial charge in [-0.05, 0) is 30.7 Å². The summed E-state index contributed by atoms with van der Waals surface area (Å²) in [5.41, 5.74) is 0.481. The summed E-state index contributed by atoms with van der Waals surface area (Å²) in [5, 5.41) is 19.8. The van der Waals surface area contributed by atoms with E-state index in [2.05, 4.69) is 5.32 Å². The topological polar surface area (TPSA) is 86.6 Å². The highest BCUT2D eigenvalue weighted by Crippen LogP contribution is 2.09. The van der Waals surface area contributed by atoms with E-state index in [-0.39, 0.29) is 18.6 Å². The van der Waals surface area contributed by atoms with Crippen molar-refractivity contribution in [1.82, 2.24) is 5.32 Å². The van der Waals surface area contributed by atoms with Crippen LogP contribution in [0.3, 0.4) is 0 Å². The summed E-state index contributed by atoms with van der Waals surface area (Å²) in [6.07, 6.45) is -0.0821. The molecule has 0 aromatic heterocycles. The maximum Gasteiger partial charge on any atom is 0.326 e. The Balaban J connectivity index is 2.80. The Morgan fingerprint density at radius 1 is 1.44 bits per heavy atom. The van der Waals surface area contributed by atoms with E-state index in [9.17, 15) is 14.0 Å². The Hall–Kier alpha value is -1.95. The van der Waals surface area contributed by atoms with Gasteiger partial charge in [-0.25, -0.2) is 9.18 Å². The van der Waals surface area contributed by atoms with Gasteiger partial charge in [0.2, 0.25) is 0 Å². The molecule has 1 rings (SSSR count). The largest absolute Gasteiger partial charge is 0.480 e. The Kier molecular flexibility index (Phi) is 4.79. The van der Waals surface area contributed by atoms with E-state index in [1.54, 1.807) is 0 Å². The van der Waals surface area contributed by atoms with Crippen molar-refractivity contribution in [3.8, 4) is 0 Å². The number of carbonyl (C=O) groups is 2. The van der Waals surface area contributed by atoms with Gasteiger partial charge >= 0.3 is 5.97 Å². The molecule has 0 heterocycles. The number of hydrogen-bond donors (Lipinski definition) is 3. The Labute approximate surface area is 103 Å². The van der Waals surface area contributed by atoms with Crippen LogP contribution in [-0.2, 0) is 4.79 Å². The minimum absolute atomic E-state index is 0.0821. The highest BCUT2D eigenvalue weighted by atomic mass is 19.1. The van der Waals surface area contributed by atoms with Gasteiger partial charge in [-0.1, -0.05) is 0 Å². The summed E-state index contributed by atoms with van der Waals surface area (Å²) in [5.74, 6) is -2.27. The predicted octanol–water partition coefficient (Wildman–Crippen LogP) is 0.700. The average Bonchev–Trinajstić information content (AvgIpc) is 2.31. The number of amides is 1. The van der Waals surface area contributed by atoms with E-state index in [1.165, 1.54) is 19.1 Å². The second-order valence-electron chi connectivity index (χ2n) is 3.84. The first-order chi connectivity index (χ1) is 8.45. The molecule has 1 atom stereocenters. The molecule has 0 aliphatic heterocycles. The van der Waals surface area contributed by atoms with Crippen molar-refractivity contribution in [2.75, 3.05) is 6.61 Å². The molecule has 1 aromatic rings. The molecule has 0 saturated heterocycles. The lowest BCUT2D eigenvalue weighted by molar-refractivity contribution is -0.139. The molecule has 0 saturated carbocycles. The molecular formula is C12H14FNO4. The lowest BCUT2D eigenvalue weighted by Gasteiger charge is -2.13. The fraction of sp³-hybridized carbons (Fsp3) is 0.333. The monoisotopic (exact) mass is 255 g/mol. The third-order valence-electron chi connectivity index (χ3n) is 2.44. The number of aliphatic hydroxyl groups is 1. The molecule has 5 nitrogen and oxygen atoms in total. The van der Waals surface area contributed by atoms with Crippen LogP contribution in [-0.4, -0.2) is 34.7 Å². The average molecular weight is 255 g/mol. The predicted molar refractivity (Wildman–Crippen MR) is 61.7 cm³/mol. The zero-order valence-electron chi connectivity index (χ0n) is 9.81. The molecule has 1 aromatic carbocycles. The van der Waals surface area contributed by atoms with Crippen LogP contribution in [0.4, 0.5) is 4.39 Å². The number of halogens is 1. The van der Waals surface area contributed by atoms with Gasteiger partial charge < -0.3 is 15.5 Å². The first-order valence-corrected chi connectivity index (χ1v) is 5.36. The number of carbonyl (C=O) groups excluding carboxylic acids is 1. The standard InChI is InChI=1S/C12H14FNO4/c1-7-6-8(2-3-9(7)13)11(16)14-10(4-5-15)12(17)18/h2-3,6,10,15H,4-5H2,1H3,(H,14,16)(H,17,18)/t10-/m0/s1. The zero-order valence-corrected chi connectivity index (χ0v) is 9.81. The van der Waals surface area contributed by atoms with Gasteiger partial charge in [-0.3, -0.25) is 4.79 Å². The molecule has 0 fully saturated rings. The third-order valence-corrected chi connectivity index (χ3v) is 2.44. The molecule has 0 bridgehead atoms. The fourth-order valence-electron chi connectivity index (χ4n) is 1.41. The van der Waals surface area contributed by atoms with Gasteiger partial charge in [0.25, 0.3) is 5.91 Å². The molecule has 98 valence electrons. The van der Waals surface area contributed by atoms with Gasteiger partial charge in [0.05, 0.1) is 0 Å². The summed E-state index contributed by atoms with van der Waals surface area (Å²) >= 11 is 0. The number of rotatable bonds is 5. The molecule has 6 heteroatoms. The van der Waals surface area contributed by atoms with Gasteiger partial charge in [0.15, 0.2) is 0 Å². The van der Waals surface area contributed by atoms with E-state index >= 15 is 0 Å². The molecule has 0 radical (unpaired) electrons. The molecule has 1 amide bonds. The van der Waals surface area contributed by atoms with E-state index in [1.807, 2.05) is 0 Å². The molecule has 0 unspecified atom stereocenters. The van der Waals surface area contributed by atoms with Crippen LogP contribution >= 0.6 is 0 Å². The maximum atomic E-state index is 13.0. The smallest absolute Gasteiger partial charge is 0.326 e. The van der Waals surface area contributed by atoms with Crippen molar-refractivity contribution in [1.29, 1.82) is 0 Å². The Morgan fingerprint density at radius 3 is 2.61 bits per heavy atom. The Morgan fingerprint density at radius 2 is 2.11 bits per heavy atom. The summed E-state index contributed by atoms with van der Waals surface area (Å²) in [6, 6.07) is 2.59. The first kappa shape index (κ1) is 14.1. The van der Waals surface area contributed by atoms with Crippen LogP contribution in [0.1, 0.15) is 22.3 Å². The highest BCUT2D eigenvalue weighted by Gasteiger charge is 2.20. The molecule has 0 aliphatic carbocycles. The van der Waals surface area contributed by atoms with Gasteiger partial charge in [-0.15, -0.1) is 0 Å². The normalized spacial score (nSPS) is 11.9. The van der Waals surface area contributed by atoms with Crippen LogP contribution in [0, 0.1) is 12.7 Å². The molecule has 3 N–H and O–H groups in total. The van der Waals surface area contributed by atoms with Crippen molar-refractivity contribution < 1.29 is 24.2 Å². The number of carboxylic acids is 1. The molecule has 18 heavy (non-hydrogen) atoms. The second kappa shape index (κ2) is 6.11. The van der Waals surface area contributed by atoms with Crippen molar-refractivity contribution in [2.24, 2.45) is 0 Å².